The van der Waals surface area contributed by atoms with Crippen molar-refractivity contribution in [2.24, 2.45) is 17.6 Å². The third-order valence-corrected chi connectivity index (χ3v) is 3.37. The van der Waals surface area contributed by atoms with Gasteiger partial charge < -0.3 is 15.2 Å². The molecule has 0 radical (unpaired) electrons. The molecule has 4 heteroatoms. The van der Waals surface area contributed by atoms with Gasteiger partial charge in [0.25, 0.3) is 0 Å². The zero-order valence-corrected chi connectivity index (χ0v) is 12.3. The fourth-order valence-electron chi connectivity index (χ4n) is 2.18. The van der Waals surface area contributed by atoms with Crippen LogP contribution in [0, 0.1) is 18.8 Å². The van der Waals surface area contributed by atoms with Gasteiger partial charge in [0.1, 0.15) is 11.5 Å². The molecule has 0 aliphatic heterocycles. The number of Topliss-reactive ketones (excluding diaryl/α,β-unsaturated/α-hetero) is 1. The highest BCUT2D eigenvalue weighted by molar-refractivity contribution is 6.02. The second kappa shape index (κ2) is 6.57. The molecule has 1 rings (SSSR count). The van der Waals surface area contributed by atoms with Crippen LogP contribution in [0.4, 0.5) is 0 Å². The highest BCUT2D eigenvalue weighted by atomic mass is 16.5. The van der Waals surface area contributed by atoms with Crippen LogP contribution in [-0.4, -0.2) is 26.5 Å². The van der Waals surface area contributed by atoms with Crippen molar-refractivity contribution in [2.45, 2.75) is 20.8 Å². The maximum Gasteiger partial charge on any atom is 0.171 e. The SMILES string of the molecule is COc1cc(C)c(C(=O)C(CN)C(C)C)c(OC)c1. The van der Waals surface area contributed by atoms with Gasteiger partial charge >= 0.3 is 0 Å². The molecule has 106 valence electrons. The lowest BCUT2D eigenvalue weighted by molar-refractivity contribution is 0.0888. The first-order chi connectivity index (χ1) is 8.96. The van der Waals surface area contributed by atoms with Gasteiger partial charge in [-0.15, -0.1) is 0 Å². The molecule has 1 atom stereocenters. The fourth-order valence-corrected chi connectivity index (χ4v) is 2.18. The molecule has 0 amide bonds. The summed E-state index contributed by atoms with van der Waals surface area (Å²) in [6.07, 6.45) is 0. The molecular weight excluding hydrogens is 242 g/mol. The van der Waals surface area contributed by atoms with Gasteiger partial charge in [0.2, 0.25) is 0 Å². The van der Waals surface area contributed by atoms with Crippen LogP contribution in [0.1, 0.15) is 29.8 Å². The minimum atomic E-state index is -0.194. The highest BCUT2D eigenvalue weighted by Gasteiger charge is 2.26. The number of aryl methyl sites for hydroxylation is 1. The van der Waals surface area contributed by atoms with Crippen molar-refractivity contribution >= 4 is 5.78 Å². The Morgan fingerprint density at radius 3 is 2.32 bits per heavy atom. The lowest BCUT2D eigenvalue weighted by Gasteiger charge is -2.20. The molecule has 0 aromatic heterocycles. The average molecular weight is 265 g/mol. The number of hydrogen-bond acceptors (Lipinski definition) is 4. The Kier molecular flexibility index (Phi) is 5.36. The van der Waals surface area contributed by atoms with Crippen LogP contribution >= 0.6 is 0 Å². The third-order valence-electron chi connectivity index (χ3n) is 3.37. The molecule has 1 aromatic carbocycles. The van der Waals surface area contributed by atoms with Gasteiger partial charge in [-0.2, -0.15) is 0 Å². The predicted octanol–water partition coefficient (Wildman–Crippen LogP) is 2.43. The molecule has 1 aromatic rings. The van der Waals surface area contributed by atoms with Crippen molar-refractivity contribution in [3.63, 3.8) is 0 Å². The smallest absolute Gasteiger partial charge is 0.171 e. The van der Waals surface area contributed by atoms with Crippen molar-refractivity contribution in [3.8, 4) is 11.5 Å². The molecule has 0 fully saturated rings. The second-order valence-corrected chi connectivity index (χ2v) is 4.97. The Hall–Kier alpha value is -1.55. The molecule has 1 unspecified atom stereocenters. The van der Waals surface area contributed by atoms with Crippen molar-refractivity contribution in [3.05, 3.63) is 23.3 Å². The van der Waals surface area contributed by atoms with Gasteiger partial charge in [0, 0.05) is 18.5 Å². The lowest BCUT2D eigenvalue weighted by atomic mass is 9.86. The van der Waals surface area contributed by atoms with E-state index in [9.17, 15) is 4.79 Å². The maximum atomic E-state index is 12.6. The Balaban J connectivity index is 3.29. The number of carbonyl (C=O) groups excluding carboxylic acids is 1. The topological polar surface area (TPSA) is 61.5 Å². The number of nitrogens with two attached hydrogens (primary N) is 1. The van der Waals surface area contributed by atoms with Gasteiger partial charge in [-0.3, -0.25) is 4.79 Å². The fraction of sp³-hybridized carbons (Fsp3) is 0.533. The summed E-state index contributed by atoms with van der Waals surface area (Å²) in [4.78, 5) is 12.6. The maximum absolute atomic E-state index is 12.6. The molecule has 0 bridgehead atoms. The quantitative estimate of drug-likeness (QED) is 0.802. The van der Waals surface area contributed by atoms with Crippen molar-refractivity contribution in [2.75, 3.05) is 20.8 Å². The third kappa shape index (κ3) is 3.26. The van der Waals surface area contributed by atoms with Gasteiger partial charge in [-0.05, 0) is 24.5 Å². The van der Waals surface area contributed by atoms with E-state index in [1.165, 1.54) is 0 Å². The summed E-state index contributed by atoms with van der Waals surface area (Å²) in [5.41, 5.74) is 7.17. The zero-order valence-electron chi connectivity index (χ0n) is 12.3. The summed E-state index contributed by atoms with van der Waals surface area (Å²) in [7, 11) is 3.14. The number of ketones is 1. The first-order valence-electron chi connectivity index (χ1n) is 6.43. The van der Waals surface area contributed by atoms with E-state index in [-0.39, 0.29) is 17.6 Å². The van der Waals surface area contributed by atoms with E-state index in [4.69, 9.17) is 15.2 Å². The van der Waals surface area contributed by atoms with Gasteiger partial charge in [0.05, 0.1) is 19.8 Å². The highest BCUT2D eigenvalue weighted by Crippen LogP contribution is 2.31. The van der Waals surface area contributed by atoms with Crippen LogP contribution in [0.5, 0.6) is 11.5 Å². The number of carbonyl (C=O) groups is 1. The van der Waals surface area contributed by atoms with E-state index >= 15 is 0 Å². The normalized spacial score (nSPS) is 12.4. The van der Waals surface area contributed by atoms with E-state index in [1.807, 2.05) is 26.8 Å². The van der Waals surface area contributed by atoms with Gasteiger partial charge in [0.15, 0.2) is 5.78 Å². The number of rotatable bonds is 6. The molecule has 0 saturated carbocycles. The van der Waals surface area contributed by atoms with Crippen LogP contribution in [0.3, 0.4) is 0 Å². The molecular formula is C15H23NO3. The van der Waals surface area contributed by atoms with E-state index in [2.05, 4.69) is 0 Å². The Morgan fingerprint density at radius 2 is 1.89 bits per heavy atom. The number of benzene rings is 1. The second-order valence-electron chi connectivity index (χ2n) is 4.97. The van der Waals surface area contributed by atoms with Crippen LogP contribution in [0.25, 0.3) is 0 Å². The van der Waals surface area contributed by atoms with Crippen molar-refractivity contribution in [1.29, 1.82) is 0 Å². The van der Waals surface area contributed by atoms with Crippen LogP contribution in [0.2, 0.25) is 0 Å². The van der Waals surface area contributed by atoms with E-state index < -0.39 is 0 Å². The van der Waals surface area contributed by atoms with Crippen LogP contribution in [-0.2, 0) is 0 Å². The standard InChI is InChI=1S/C15H23NO3/c1-9(2)12(8-16)15(17)14-10(3)6-11(18-4)7-13(14)19-5/h6-7,9,12H,8,16H2,1-5H3. The first kappa shape index (κ1) is 15.5. The Labute approximate surface area is 114 Å². The number of ether oxygens (including phenoxy) is 2. The molecule has 0 saturated heterocycles. The predicted molar refractivity (Wildman–Crippen MR) is 76.0 cm³/mol. The molecule has 0 aliphatic carbocycles. The summed E-state index contributed by atoms with van der Waals surface area (Å²) in [5, 5.41) is 0. The van der Waals surface area contributed by atoms with Crippen molar-refractivity contribution in [1.82, 2.24) is 0 Å². The van der Waals surface area contributed by atoms with Crippen LogP contribution in [0.15, 0.2) is 12.1 Å². The average Bonchev–Trinajstić information content (AvgIpc) is 2.37. The Morgan fingerprint density at radius 1 is 1.26 bits per heavy atom. The molecule has 4 nitrogen and oxygen atoms in total. The van der Waals surface area contributed by atoms with Crippen LogP contribution < -0.4 is 15.2 Å². The number of hydrogen-bond donors (Lipinski definition) is 1. The molecule has 2 N–H and O–H groups in total. The summed E-state index contributed by atoms with van der Waals surface area (Å²) >= 11 is 0. The van der Waals surface area contributed by atoms with Gasteiger partial charge in [-0.1, -0.05) is 13.8 Å². The summed E-state index contributed by atoms with van der Waals surface area (Å²) in [5.74, 6) is 1.26. The van der Waals surface area contributed by atoms with E-state index in [1.54, 1.807) is 20.3 Å². The molecule has 0 aliphatic rings. The molecule has 19 heavy (non-hydrogen) atoms. The Bertz CT molecular complexity index is 455. The van der Waals surface area contributed by atoms with Crippen molar-refractivity contribution < 1.29 is 14.3 Å². The molecule has 0 heterocycles. The minimum Gasteiger partial charge on any atom is -0.497 e. The first-order valence-corrected chi connectivity index (χ1v) is 6.43. The largest absolute Gasteiger partial charge is 0.497 e. The van der Waals surface area contributed by atoms with E-state index in [0.717, 1.165) is 5.56 Å². The monoisotopic (exact) mass is 265 g/mol. The summed E-state index contributed by atoms with van der Waals surface area (Å²) < 4.78 is 10.5. The van der Waals surface area contributed by atoms with Gasteiger partial charge in [-0.25, -0.2) is 0 Å². The zero-order chi connectivity index (χ0) is 14.6. The lowest BCUT2D eigenvalue weighted by Crippen LogP contribution is -2.29. The summed E-state index contributed by atoms with van der Waals surface area (Å²) in [6.45, 7) is 6.22. The van der Waals surface area contributed by atoms with E-state index in [0.29, 0.717) is 23.6 Å². The minimum absolute atomic E-state index is 0.0366. The summed E-state index contributed by atoms with van der Waals surface area (Å²) in [6, 6.07) is 3.57. The number of methoxy groups -OCH3 is 2. The molecule has 0 spiro atoms.